The summed E-state index contributed by atoms with van der Waals surface area (Å²) in [7, 11) is 0. The lowest BCUT2D eigenvalue weighted by Gasteiger charge is -2.19. The minimum Gasteiger partial charge on any atom is -0.456 e. The fourth-order valence-electron chi connectivity index (χ4n) is 20.8. The van der Waals surface area contributed by atoms with E-state index in [9.17, 15) is 0 Å². The fraction of sp³-hybridized carbons (Fsp3) is 0. The van der Waals surface area contributed by atoms with Crippen LogP contribution in [-0.4, -0.2) is 0 Å². The molecule has 2 heterocycles. The lowest BCUT2D eigenvalue weighted by molar-refractivity contribution is 0.669. The molecule has 24 aromatic carbocycles. The first kappa shape index (κ1) is 59.2. The summed E-state index contributed by atoms with van der Waals surface area (Å²) >= 11 is 1.88. The Balaban J connectivity index is 0.708. The number of fused-ring (bicyclic) bond motifs is 22. The van der Waals surface area contributed by atoms with Gasteiger partial charge in [0.05, 0.1) is 0 Å². The van der Waals surface area contributed by atoms with Crippen LogP contribution >= 0.6 is 11.3 Å². The van der Waals surface area contributed by atoms with Crippen LogP contribution in [0.15, 0.2) is 356 Å². The Morgan fingerprint density at radius 1 is 0.145 bits per heavy atom. The second-order valence-corrected chi connectivity index (χ2v) is 31.6. The van der Waals surface area contributed by atoms with Crippen LogP contribution in [0.25, 0.3) is 271 Å². The van der Waals surface area contributed by atoms with Crippen molar-refractivity contribution >= 4 is 204 Å². The predicted octanol–water partition coefficient (Wildman–Crippen LogP) is 31.5. The summed E-state index contributed by atoms with van der Waals surface area (Å²) in [5, 5.41) is 40.9. The Hall–Kier alpha value is -14.0. The van der Waals surface area contributed by atoms with Gasteiger partial charge in [0.1, 0.15) is 11.2 Å². The summed E-state index contributed by atoms with van der Waals surface area (Å²) in [6.45, 7) is 0. The van der Waals surface area contributed by atoms with Crippen molar-refractivity contribution in [2.24, 2.45) is 0 Å². The minimum atomic E-state index is 0.900. The van der Waals surface area contributed by atoms with Gasteiger partial charge in [0.2, 0.25) is 0 Å². The van der Waals surface area contributed by atoms with Crippen LogP contribution in [0.3, 0.4) is 0 Å². The molecule has 0 aliphatic carbocycles. The molecule has 26 aromatic rings. The first-order valence-corrected chi connectivity index (χ1v) is 39.1. The summed E-state index contributed by atoms with van der Waals surface area (Å²) in [6, 6.07) is 134. The predicted molar refractivity (Wildman–Crippen MR) is 474 cm³/mol. The van der Waals surface area contributed by atoms with E-state index in [1.165, 1.54) is 249 Å². The highest BCUT2D eigenvalue weighted by molar-refractivity contribution is 7.25. The maximum Gasteiger partial charge on any atom is 0.135 e. The molecule has 0 saturated carbocycles. The maximum absolute atomic E-state index is 6.41. The number of hydrogen-bond acceptors (Lipinski definition) is 2. The molecule has 0 fully saturated rings. The number of furan rings is 1. The average molecular weight is 1400 g/mol. The first-order chi connectivity index (χ1) is 54.6. The highest BCUT2D eigenvalue weighted by Crippen LogP contribution is 2.59. The summed E-state index contributed by atoms with van der Waals surface area (Å²) < 4.78 is 9.04. The summed E-state index contributed by atoms with van der Waals surface area (Å²) in [4.78, 5) is 0. The van der Waals surface area contributed by atoms with Crippen molar-refractivity contribution in [3.63, 3.8) is 0 Å². The van der Waals surface area contributed by atoms with Gasteiger partial charge in [-0.05, 0) is 277 Å². The Morgan fingerprint density at radius 3 is 1.02 bits per heavy atom. The van der Waals surface area contributed by atoms with E-state index in [1.807, 2.05) is 11.3 Å². The van der Waals surface area contributed by atoms with Crippen LogP contribution in [0.5, 0.6) is 0 Å². The molecule has 0 amide bonds. The van der Waals surface area contributed by atoms with Gasteiger partial charge in [-0.2, -0.15) is 0 Å². The quantitative estimate of drug-likeness (QED) is 0.145. The molecule has 0 unspecified atom stereocenters. The van der Waals surface area contributed by atoms with Crippen LogP contribution < -0.4 is 0 Å². The van der Waals surface area contributed by atoms with Crippen LogP contribution in [0.4, 0.5) is 0 Å². The van der Waals surface area contributed by atoms with E-state index in [4.69, 9.17) is 4.42 Å². The van der Waals surface area contributed by atoms with E-state index in [0.29, 0.717) is 0 Å². The standard InChI is InChI=1S/C108H58OS/c1-3-19-61(20-4-1)95-89-57-87-71-25-9-7-23-69(71)78-32-18-34-80(102(78)87)104(89)98(108-84-52-50-68(76-30-16-35-81(100(76)84)105(95)108)66-48-54-94-86(56-66)74-28-12-14-38-93(74)110-94)64-45-41-60(42-46-64)59-39-43-63(44-40-59)96-90-58-88-72-26-10-8-24-70(72)77-31-17-33-79(101(77)88)103(90)97(62-21-5-2-6-22-62)107-83-51-49-67(75-29-15-36-82(99(75)83)106(96)107)65-47-53-92-85(55-65)73-27-11-13-37-91(73)109-92/h1-58H. The van der Waals surface area contributed by atoms with E-state index >= 15 is 0 Å². The van der Waals surface area contributed by atoms with Crippen LogP contribution in [0.1, 0.15) is 0 Å². The van der Waals surface area contributed by atoms with E-state index in [2.05, 4.69) is 352 Å². The number of hydrogen-bond donors (Lipinski definition) is 0. The lowest BCUT2D eigenvalue weighted by atomic mass is 9.83. The zero-order valence-electron chi connectivity index (χ0n) is 59.3. The monoisotopic (exact) mass is 1400 g/mol. The van der Waals surface area contributed by atoms with Crippen LogP contribution in [-0.2, 0) is 0 Å². The Bertz CT molecular complexity index is 8470. The molecular weight excluding hydrogens is 1350 g/mol. The fourth-order valence-corrected chi connectivity index (χ4v) is 21.8. The Morgan fingerprint density at radius 2 is 0.482 bits per heavy atom. The number of benzene rings is 20. The van der Waals surface area contributed by atoms with E-state index < -0.39 is 0 Å². The van der Waals surface area contributed by atoms with Gasteiger partial charge in [0.15, 0.2) is 0 Å². The van der Waals surface area contributed by atoms with Gasteiger partial charge in [0.25, 0.3) is 0 Å². The van der Waals surface area contributed by atoms with Crippen LogP contribution in [0, 0.1) is 0 Å². The lowest BCUT2D eigenvalue weighted by Crippen LogP contribution is -1.92. The van der Waals surface area contributed by atoms with Crippen molar-refractivity contribution in [1.82, 2.24) is 0 Å². The first-order valence-electron chi connectivity index (χ1n) is 38.3. The highest BCUT2D eigenvalue weighted by Gasteiger charge is 2.31. The normalized spacial score (nSPS) is 12.5. The average Bonchev–Trinajstić information content (AvgIpc) is 1.50. The zero-order chi connectivity index (χ0) is 71.3. The zero-order valence-corrected chi connectivity index (χ0v) is 60.1. The van der Waals surface area contributed by atoms with Gasteiger partial charge in [0, 0.05) is 30.9 Å². The van der Waals surface area contributed by atoms with Crippen molar-refractivity contribution in [3.8, 4) is 77.9 Å². The largest absolute Gasteiger partial charge is 0.456 e. The molecule has 0 radical (unpaired) electrons. The molecule has 110 heavy (non-hydrogen) atoms. The van der Waals surface area contributed by atoms with E-state index in [0.717, 1.165) is 21.9 Å². The molecule has 0 aliphatic heterocycles. The molecule has 502 valence electrons. The molecular formula is C108H58OS. The number of para-hydroxylation sites is 1. The minimum absolute atomic E-state index is 0.900. The summed E-state index contributed by atoms with van der Waals surface area (Å²) in [6.07, 6.45) is 0. The molecule has 0 spiro atoms. The van der Waals surface area contributed by atoms with Gasteiger partial charge < -0.3 is 4.42 Å². The van der Waals surface area contributed by atoms with Crippen molar-refractivity contribution in [1.29, 1.82) is 0 Å². The molecule has 0 N–H and O–H groups in total. The number of thiophene rings is 1. The van der Waals surface area contributed by atoms with Gasteiger partial charge in [-0.3, -0.25) is 0 Å². The second-order valence-electron chi connectivity index (χ2n) is 30.5. The molecule has 26 rings (SSSR count). The summed E-state index contributed by atoms with van der Waals surface area (Å²) in [5.41, 5.74) is 18.9. The van der Waals surface area contributed by atoms with Crippen molar-refractivity contribution < 1.29 is 4.42 Å². The topological polar surface area (TPSA) is 13.1 Å². The maximum atomic E-state index is 6.41. The molecule has 2 heteroatoms. The highest BCUT2D eigenvalue weighted by atomic mass is 32.1. The van der Waals surface area contributed by atoms with Gasteiger partial charge in [-0.25, -0.2) is 0 Å². The Kier molecular flexibility index (Phi) is 11.7. The van der Waals surface area contributed by atoms with E-state index in [-0.39, 0.29) is 0 Å². The third kappa shape index (κ3) is 7.84. The smallest absolute Gasteiger partial charge is 0.135 e. The van der Waals surface area contributed by atoms with Gasteiger partial charge in [-0.15, -0.1) is 11.3 Å². The third-order valence-electron chi connectivity index (χ3n) is 25.2. The van der Waals surface area contributed by atoms with Crippen molar-refractivity contribution in [3.05, 3.63) is 352 Å². The number of rotatable bonds is 7. The second kappa shape index (κ2) is 21.8. The van der Waals surface area contributed by atoms with Gasteiger partial charge in [-0.1, -0.05) is 303 Å². The van der Waals surface area contributed by atoms with Crippen molar-refractivity contribution in [2.75, 3.05) is 0 Å². The molecule has 0 aliphatic rings. The Labute approximate surface area is 633 Å². The van der Waals surface area contributed by atoms with Gasteiger partial charge >= 0.3 is 0 Å². The summed E-state index contributed by atoms with van der Waals surface area (Å²) in [5.74, 6) is 0. The molecule has 1 nitrogen and oxygen atoms in total. The SMILES string of the molecule is c1ccc(-c2c3cc4c5ccccc5c5cccc(c3c(-c3ccc(-c6ccc(-c7c8cc9c%10ccccc%10c%10cccc(c8c(-c8ccccc8)c8c%11ccc(-c%12ccc%13oc%14ccccc%14c%13c%12)c%12cccc(c78)c%12%11)c%109)cc6)cc3)c3c6ccc(-c7ccc8sc9ccccc9c8c7)c7cccc(c23)c76)c54)cc1. The third-order valence-corrected chi connectivity index (χ3v) is 26.4. The molecule has 0 bridgehead atoms. The molecule has 0 saturated heterocycles. The van der Waals surface area contributed by atoms with E-state index in [1.54, 1.807) is 0 Å². The molecule has 0 atom stereocenters. The van der Waals surface area contributed by atoms with Crippen LogP contribution in [0.2, 0.25) is 0 Å². The molecule has 2 aromatic heterocycles. The van der Waals surface area contributed by atoms with Crippen molar-refractivity contribution in [2.45, 2.75) is 0 Å².